The molecule has 0 unspecified atom stereocenters. The second-order valence-electron chi connectivity index (χ2n) is 7.16. The summed E-state index contributed by atoms with van der Waals surface area (Å²) >= 11 is 2.76. The Bertz CT molecular complexity index is 792. The minimum Gasteiger partial charge on any atom is -0.476 e. The van der Waals surface area contributed by atoms with Crippen LogP contribution in [0.3, 0.4) is 0 Å². The number of unbranched alkanes of at least 4 members (excludes halogenated alkanes) is 2. The third-order valence-corrected chi connectivity index (χ3v) is 6.52. The Morgan fingerprint density at radius 3 is 3.03 bits per heavy atom. The topological polar surface area (TPSA) is 90.7 Å². The molecule has 0 radical (unpaired) electrons. The van der Waals surface area contributed by atoms with Crippen molar-refractivity contribution in [2.75, 3.05) is 12.3 Å². The van der Waals surface area contributed by atoms with Gasteiger partial charge in [-0.05, 0) is 19.8 Å². The van der Waals surface area contributed by atoms with Gasteiger partial charge < -0.3 is 15.1 Å². The maximum absolute atomic E-state index is 12.2. The molecule has 1 aromatic heterocycles. The zero-order valence-corrected chi connectivity index (χ0v) is 18.5. The van der Waals surface area contributed by atoms with Gasteiger partial charge in [-0.25, -0.2) is 9.78 Å². The fraction of sp³-hybridized carbons (Fsp3) is 0.571. The maximum Gasteiger partial charge on any atom is 0.355 e. The average Bonchev–Trinajstić information content (AvgIpc) is 3.27. The van der Waals surface area contributed by atoms with Gasteiger partial charge in [-0.1, -0.05) is 43.2 Å². The molecule has 6 nitrogen and oxygen atoms in total. The van der Waals surface area contributed by atoms with E-state index in [0.717, 1.165) is 25.7 Å². The molecule has 8 heteroatoms. The summed E-state index contributed by atoms with van der Waals surface area (Å²) in [5.74, 6) is 5.70. The van der Waals surface area contributed by atoms with E-state index in [1.165, 1.54) is 28.5 Å². The summed E-state index contributed by atoms with van der Waals surface area (Å²) in [6, 6.07) is 0.0258. The van der Waals surface area contributed by atoms with E-state index in [2.05, 4.69) is 23.7 Å². The van der Waals surface area contributed by atoms with E-state index in [9.17, 15) is 14.7 Å². The molecule has 0 saturated carbocycles. The molecule has 29 heavy (non-hydrogen) atoms. The number of carbonyl (C=O) groups excluding carboxylic acids is 1. The molecule has 158 valence electrons. The van der Waals surface area contributed by atoms with Crippen LogP contribution in [0.5, 0.6) is 0 Å². The molecule has 2 atom stereocenters. The van der Waals surface area contributed by atoms with Gasteiger partial charge in [-0.2, -0.15) is 0 Å². The molecular weight excluding hydrogens is 408 g/mol. The first-order valence-electron chi connectivity index (χ1n) is 9.82. The van der Waals surface area contributed by atoms with Crippen LogP contribution >= 0.6 is 23.1 Å². The normalized spacial score (nSPS) is 18.7. The third-order valence-electron chi connectivity index (χ3n) is 4.52. The van der Waals surface area contributed by atoms with Gasteiger partial charge in [0, 0.05) is 36.9 Å². The highest BCUT2D eigenvalue weighted by Crippen LogP contribution is 2.25. The molecule has 2 rings (SSSR count). The van der Waals surface area contributed by atoms with Gasteiger partial charge in [-0.3, -0.25) is 4.79 Å². The van der Waals surface area contributed by atoms with Crippen LogP contribution in [0.4, 0.5) is 0 Å². The van der Waals surface area contributed by atoms with Crippen LogP contribution in [0.15, 0.2) is 21.9 Å². The van der Waals surface area contributed by atoms with Crippen LogP contribution in [0.25, 0.3) is 0 Å². The highest BCUT2D eigenvalue weighted by atomic mass is 32.2. The first-order valence-corrected chi connectivity index (χ1v) is 11.7. The smallest absolute Gasteiger partial charge is 0.355 e. The molecule has 2 heterocycles. The molecule has 1 saturated heterocycles. The Morgan fingerprint density at radius 1 is 1.55 bits per heavy atom. The number of carboxylic acid groups (broad SMARTS) is 1. The van der Waals surface area contributed by atoms with Crippen molar-refractivity contribution in [1.82, 2.24) is 9.88 Å². The molecule has 0 spiro atoms. The molecule has 0 aliphatic carbocycles. The number of aromatic nitrogens is 1. The van der Waals surface area contributed by atoms with Crippen LogP contribution in [-0.4, -0.2) is 55.9 Å². The minimum atomic E-state index is -1.06. The number of likely N-dealkylation sites (tertiary alicyclic amines) is 1. The highest BCUT2D eigenvalue weighted by Gasteiger charge is 2.28. The zero-order valence-electron chi connectivity index (χ0n) is 16.9. The number of carbonyl (C=O) groups is 2. The standard InChI is InChI=1S/C21H28N2O4S2/c1-3-4-5-6-11-21(2,27)12-7-8-16-9-10-18(24)23(16)13-14-28-20-22-17(15-29-20)19(25)26/h7-8,15-16,27H,3-5,9-10,12-14H2,1-2H3,(H,25,26)/b8-7+/t16-,21-/m0/s1. The Morgan fingerprint density at radius 2 is 2.34 bits per heavy atom. The maximum atomic E-state index is 12.2. The van der Waals surface area contributed by atoms with Crippen LogP contribution in [-0.2, 0) is 4.79 Å². The average molecular weight is 437 g/mol. The summed E-state index contributed by atoms with van der Waals surface area (Å²) in [7, 11) is 0. The van der Waals surface area contributed by atoms with Crippen LogP contribution in [0, 0.1) is 11.8 Å². The summed E-state index contributed by atoms with van der Waals surface area (Å²) < 4.78 is 0.693. The number of thioether (sulfide) groups is 1. The Kier molecular flexibility index (Phi) is 9.21. The summed E-state index contributed by atoms with van der Waals surface area (Å²) in [5.41, 5.74) is -0.999. The quantitative estimate of drug-likeness (QED) is 0.251. The van der Waals surface area contributed by atoms with Gasteiger partial charge in [0.15, 0.2) is 10.0 Å². The number of carboxylic acids is 1. The second-order valence-corrected chi connectivity index (χ2v) is 9.36. The zero-order chi connectivity index (χ0) is 21.3. The number of aliphatic hydroxyl groups is 1. The first kappa shape index (κ1) is 23.5. The molecule has 1 aliphatic heterocycles. The summed E-state index contributed by atoms with van der Waals surface area (Å²) in [6.45, 7) is 4.40. The molecule has 0 bridgehead atoms. The van der Waals surface area contributed by atoms with Crippen LogP contribution < -0.4 is 0 Å². The molecule has 2 N–H and O–H groups in total. The van der Waals surface area contributed by atoms with Crippen molar-refractivity contribution in [3.63, 3.8) is 0 Å². The van der Waals surface area contributed by atoms with Crippen molar-refractivity contribution in [3.8, 4) is 11.8 Å². The molecule has 1 fully saturated rings. The fourth-order valence-electron chi connectivity index (χ4n) is 2.92. The van der Waals surface area contributed by atoms with Crippen molar-refractivity contribution < 1.29 is 19.8 Å². The largest absolute Gasteiger partial charge is 0.476 e. The van der Waals surface area contributed by atoms with Gasteiger partial charge in [0.1, 0.15) is 5.60 Å². The molecule has 0 aromatic carbocycles. The van der Waals surface area contributed by atoms with E-state index in [0.29, 0.717) is 29.5 Å². The molecular formula is C21H28N2O4S2. The number of amides is 1. The van der Waals surface area contributed by atoms with E-state index >= 15 is 0 Å². The lowest BCUT2D eigenvalue weighted by Crippen LogP contribution is -2.33. The lowest BCUT2D eigenvalue weighted by Gasteiger charge is -2.22. The van der Waals surface area contributed by atoms with Crippen molar-refractivity contribution in [1.29, 1.82) is 0 Å². The number of hydrogen-bond donors (Lipinski definition) is 2. The molecule has 1 aliphatic rings. The lowest BCUT2D eigenvalue weighted by atomic mass is 10.0. The predicted octanol–water partition coefficient (Wildman–Crippen LogP) is 3.82. The van der Waals surface area contributed by atoms with Crippen molar-refractivity contribution in [2.24, 2.45) is 0 Å². The highest BCUT2D eigenvalue weighted by molar-refractivity contribution is 8.01. The summed E-state index contributed by atoms with van der Waals surface area (Å²) in [6.07, 6.45) is 8.54. The summed E-state index contributed by atoms with van der Waals surface area (Å²) in [4.78, 5) is 29.0. The van der Waals surface area contributed by atoms with Crippen LogP contribution in [0.1, 0.15) is 62.9 Å². The molecule has 1 amide bonds. The van der Waals surface area contributed by atoms with E-state index in [-0.39, 0.29) is 17.6 Å². The SMILES string of the molecule is CCCCC#C[C@](C)(O)C/C=C/[C@H]1CCC(=O)N1CCSc1nc(C(=O)O)cs1. The second kappa shape index (κ2) is 11.4. The van der Waals surface area contributed by atoms with Gasteiger partial charge in [0.05, 0.1) is 6.04 Å². The van der Waals surface area contributed by atoms with Crippen molar-refractivity contribution >= 4 is 35.0 Å². The first-order chi connectivity index (χ1) is 13.8. The number of aromatic carboxylic acids is 1. The number of thiazole rings is 1. The predicted molar refractivity (Wildman–Crippen MR) is 116 cm³/mol. The summed E-state index contributed by atoms with van der Waals surface area (Å²) in [5, 5.41) is 20.8. The van der Waals surface area contributed by atoms with Gasteiger partial charge >= 0.3 is 5.97 Å². The van der Waals surface area contributed by atoms with E-state index in [1.807, 2.05) is 17.1 Å². The van der Waals surface area contributed by atoms with E-state index in [1.54, 1.807) is 6.92 Å². The fourth-order valence-corrected chi connectivity index (χ4v) is 4.73. The van der Waals surface area contributed by atoms with Crippen molar-refractivity contribution in [3.05, 3.63) is 23.2 Å². The number of nitrogens with zero attached hydrogens (tertiary/aromatic N) is 2. The van der Waals surface area contributed by atoms with E-state index < -0.39 is 11.6 Å². The number of rotatable bonds is 10. The van der Waals surface area contributed by atoms with Crippen LogP contribution in [0.2, 0.25) is 0 Å². The minimum absolute atomic E-state index is 0.0258. The van der Waals surface area contributed by atoms with E-state index in [4.69, 9.17) is 5.11 Å². The Balaban J connectivity index is 1.83. The molecule has 1 aromatic rings. The lowest BCUT2D eigenvalue weighted by molar-refractivity contribution is -0.128. The third kappa shape index (κ3) is 7.84. The Labute approximate surface area is 180 Å². The monoisotopic (exact) mass is 436 g/mol. The Hall–Kier alpha value is -1.82. The van der Waals surface area contributed by atoms with Gasteiger partial charge in [0.25, 0.3) is 0 Å². The van der Waals surface area contributed by atoms with Crippen molar-refractivity contribution in [2.45, 2.75) is 68.4 Å². The number of hydrogen-bond acceptors (Lipinski definition) is 6. The van der Waals surface area contributed by atoms with Gasteiger partial charge in [-0.15, -0.1) is 17.3 Å². The van der Waals surface area contributed by atoms with Gasteiger partial charge in [0.2, 0.25) is 5.91 Å².